The summed E-state index contributed by atoms with van der Waals surface area (Å²) in [5.74, 6) is 1.88. The van der Waals surface area contributed by atoms with Gasteiger partial charge in [-0.1, -0.05) is 18.2 Å². The second-order valence-corrected chi connectivity index (χ2v) is 5.82. The molecule has 0 bridgehead atoms. The number of ether oxygens (including phenoxy) is 1. The number of rotatable bonds is 6. The van der Waals surface area contributed by atoms with Crippen molar-refractivity contribution in [2.45, 2.75) is 10.8 Å². The highest BCUT2D eigenvalue weighted by atomic mass is 32.2. The minimum absolute atomic E-state index is 0.578. The van der Waals surface area contributed by atoms with E-state index in [9.17, 15) is 0 Å². The molecular formula is C13H15NOS2. The maximum absolute atomic E-state index is 5.65. The second-order valence-electron chi connectivity index (χ2n) is 3.48. The van der Waals surface area contributed by atoms with Crippen molar-refractivity contribution in [2.75, 3.05) is 12.4 Å². The number of benzene rings is 1. The fourth-order valence-corrected chi connectivity index (χ4v) is 3.05. The third-order valence-corrected chi connectivity index (χ3v) is 4.35. The number of nitrogens with two attached hydrogens (primary N) is 1. The van der Waals surface area contributed by atoms with E-state index in [0.29, 0.717) is 6.54 Å². The third-order valence-electron chi connectivity index (χ3n) is 2.25. The van der Waals surface area contributed by atoms with E-state index < -0.39 is 0 Å². The summed E-state index contributed by atoms with van der Waals surface area (Å²) < 4.78 is 6.99. The van der Waals surface area contributed by atoms with Crippen LogP contribution in [-0.2, 0) is 6.54 Å². The zero-order valence-corrected chi connectivity index (χ0v) is 11.1. The van der Waals surface area contributed by atoms with Crippen molar-refractivity contribution < 1.29 is 4.74 Å². The van der Waals surface area contributed by atoms with Gasteiger partial charge in [0.05, 0.1) is 10.8 Å². The molecule has 0 atom stereocenters. The topological polar surface area (TPSA) is 35.2 Å². The summed E-state index contributed by atoms with van der Waals surface area (Å²) in [6.45, 7) is 1.30. The quantitative estimate of drug-likeness (QED) is 0.642. The van der Waals surface area contributed by atoms with Crippen LogP contribution in [0.25, 0.3) is 0 Å². The normalized spacial score (nSPS) is 10.4. The summed E-state index contributed by atoms with van der Waals surface area (Å²) in [5, 5.41) is 2.09. The molecule has 0 saturated heterocycles. The Morgan fingerprint density at radius 3 is 2.65 bits per heavy atom. The first kappa shape index (κ1) is 12.5. The molecule has 2 aromatic rings. The van der Waals surface area contributed by atoms with Crippen molar-refractivity contribution in [3.05, 3.63) is 47.3 Å². The smallest absolute Gasteiger partial charge is 0.119 e. The third kappa shape index (κ3) is 4.07. The molecule has 0 fully saturated rings. The molecule has 0 aliphatic rings. The van der Waals surface area contributed by atoms with Crippen molar-refractivity contribution in [3.63, 3.8) is 0 Å². The van der Waals surface area contributed by atoms with Crippen molar-refractivity contribution in [3.8, 4) is 5.75 Å². The van der Waals surface area contributed by atoms with Gasteiger partial charge >= 0.3 is 0 Å². The maximum Gasteiger partial charge on any atom is 0.119 e. The summed E-state index contributed by atoms with van der Waals surface area (Å²) in [6, 6.07) is 12.1. The van der Waals surface area contributed by atoms with Crippen molar-refractivity contribution in [1.29, 1.82) is 0 Å². The molecule has 1 heterocycles. The Balaban J connectivity index is 1.70. The van der Waals surface area contributed by atoms with Crippen LogP contribution < -0.4 is 10.5 Å². The molecule has 0 unspecified atom stereocenters. The van der Waals surface area contributed by atoms with Gasteiger partial charge in [0.15, 0.2) is 0 Å². The number of hydrogen-bond acceptors (Lipinski definition) is 4. The number of hydrogen-bond donors (Lipinski definition) is 1. The molecule has 1 aromatic carbocycles. The zero-order valence-electron chi connectivity index (χ0n) is 9.46. The molecular weight excluding hydrogens is 250 g/mol. The summed E-state index contributed by atoms with van der Waals surface area (Å²) in [7, 11) is 0. The highest BCUT2D eigenvalue weighted by Crippen LogP contribution is 2.23. The zero-order chi connectivity index (χ0) is 11.9. The molecule has 0 aliphatic heterocycles. The molecule has 0 spiro atoms. The minimum atomic E-state index is 0.578. The molecule has 0 radical (unpaired) electrons. The van der Waals surface area contributed by atoms with E-state index in [-0.39, 0.29) is 0 Å². The molecule has 17 heavy (non-hydrogen) atoms. The van der Waals surface area contributed by atoms with Crippen molar-refractivity contribution in [1.82, 2.24) is 0 Å². The monoisotopic (exact) mass is 265 g/mol. The molecule has 0 aliphatic carbocycles. The first-order chi connectivity index (χ1) is 8.38. The van der Waals surface area contributed by atoms with Crippen LogP contribution >= 0.6 is 23.1 Å². The van der Waals surface area contributed by atoms with E-state index >= 15 is 0 Å². The van der Waals surface area contributed by atoms with Crippen LogP contribution in [0.15, 0.2) is 46.0 Å². The Kier molecular flexibility index (Phi) is 4.91. The van der Waals surface area contributed by atoms with Gasteiger partial charge in [-0.05, 0) is 29.1 Å². The summed E-state index contributed by atoms with van der Waals surface area (Å²) in [4.78, 5) is 0. The Hall–Kier alpha value is -0.970. The maximum atomic E-state index is 5.65. The second kappa shape index (κ2) is 6.69. The SMILES string of the molecule is NCc1ccc(OCCSc2cccs2)cc1. The first-order valence-electron chi connectivity index (χ1n) is 5.46. The van der Waals surface area contributed by atoms with Gasteiger partial charge in [0.25, 0.3) is 0 Å². The molecule has 0 amide bonds. The lowest BCUT2D eigenvalue weighted by atomic mass is 10.2. The lowest BCUT2D eigenvalue weighted by Gasteiger charge is -2.05. The summed E-state index contributed by atoms with van der Waals surface area (Å²) in [6.07, 6.45) is 0. The number of thioether (sulfide) groups is 1. The van der Waals surface area contributed by atoms with E-state index in [4.69, 9.17) is 10.5 Å². The molecule has 2 rings (SSSR count). The van der Waals surface area contributed by atoms with Crippen molar-refractivity contribution in [2.24, 2.45) is 5.73 Å². The largest absolute Gasteiger partial charge is 0.493 e. The van der Waals surface area contributed by atoms with Crippen LogP contribution in [0, 0.1) is 0 Å². The average molecular weight is 265 g/mol. The van der Waals surface area contributed by atoms with Crippen LogP contribution in [0.5, 0.6) is 5.75 Å². The van der Waals surface area contributed by atoms with Gasteiger partial charge in [0, 0.05) is 12.3 Å². The number of thiophene rings is 1. The predicted octanol–water partition coefficient (Wildman–Crippen LogP) is 3.38. The van der Waals surface area contributed by atoms with Gasteiger partial charge in [-0.2, -0.15) is 0 Å². The molecule has 4 heteroatoms. The minimum Gasteiger partial charge on any atom is -0.493 e. The standard InChI is InChI=1S/C13H15NOS2/c14-10-11-3-5-12(6-4-11)15-7-9-17-13-2-1-8-16-13/h1-6,8H,7,9-10,14H2. The fourth-order valence-electron chi connectivity index (χ4n) is 1.37. The van der Waals surface area contributed by atoms with E-state index in [1.165, 1.54) is 4.21 Å². The lowest BCUT2D eigenvalue weighted by molar-refractivity contribution is 0.344. The van der Waals surface area contributed by atoms with Crippen molar-refractivity contribution >= 4 is 23.1 Å². The van der Waals surface area contributed by atoms with Gasteiger partial charge in [0.1, 0.15) is 5.75 Å². The lowest BCUT2D eigenvalue weighted by Crippen LogP contribution is -2.00. The van der Waals surface area contributed by atoms with Gasteiger partial charge in [-0.3, -0.25) is 0 Å². The van der Waals surface area contributed by atoms with Gasteiger partial charge in [-0.15, -0.1) is 23.1 Å². The van der Waals surface area contributed by atoms with Gasteiger partial charge < -0.3 is 10.5 Å². The first-order valence-corrected chi connectivity index (χ1v) is 7.33. The van der Waals surface area contributed by atoms with Crippen LogP contribution in [-0.4, -0.2) is 12.4 Å². The van der Waals surface area contributed by atoms with Crippen LogP contribution in [0.1, 0.15) is 5.56 Å². The fraction of sp³-hybridized carbons (Fsp3) is 0.231. The molecule has 2 N–H and O–H groups in total. The van der Waals surface area contributed by atoms with Gasteiger partial charge in [-0.25, -0.2) is 0 Å². The van der Waals surface area contributed by atoms with Gasteiger partial charge in [0.2, 0.25) is 0 Å². The molecule has 0 saturated carbocycles. The Labute approximate surface area is 110 Å². The average Bonchev–Trinajstić information content (AvgIpc) is 2.88. The Morgan fingerprint density at radius 2 is 2.00 bits per heavy atom. The van der Waals surface area contributed by atoms with Crippen LogP contribution in [0.4, 0.5) is 0 Å². The molecule has 1 aromatic heterocycles. The highest BCUT2D eigenvalue weighted by Gasteiger charge is 1.97. The van der Waals surface area contributed by atoms with Crippen LogP contribution in [0.3, 0.4) is 0 Å². The van der Waals surface area contributed by atoms with E-state index in [1.54, 1.807) is 11.3 Å². The predicted molar refractivity (Wildman–Crippen MR) is 74.9 cm³/mol. The Morgan fingerprint density at radius 1 is 1.18 bits per heavy atom. The molecule has 90 valence electrons. The highest BCUT2D eigenvalue weighted by molar-refractivity contribution is 8.01. The van der Waals surface area contributed by atoms with E-state index in [0.717, 1.165) is 23.7 Å². The van der Waals surface area contributed by atoms with E-state index in [1.807, 2.05) is 36.0 Å². The Bertz CT molecular complexity index is 425. The summed E-state index contributed by atoms with van der Waals surface area (Å²) in [5.41, 5.74) is 6.66. The van der Waals surface area contributed by atoms with E-state index in [2.05, 4.69) is 17.5 Å². The summed E-state index contributed by atoms with van der Waals surface area (Å²) >= 11 is 3.60. The molecule has 2 nitrogen and oxygen atoms in total. The van der Waals surface area contributed by atoms with Crippen LogP contribution in [0.2, 0.25) is 0 Å².